The maximum Gasteiger partial charge on any atom is 0.303 e. The van der Waals surface area contributed by atoms with E-state index in [-0.39, 0.29) is 6.42 Å². The van der Waals surface area contributed by atoms with Crippen LogP contribution in [-0.2, 0) is 11.3 Å². The lowest BCUT2D eigenvalue weighted by atomic mass is 10.2. The Kier molecular flexibility index (Phi) is 6.04. The normalized spacial score (nSPS) is 10.4. The molecule has 0 radical (unpaired) electrons. The number of nitrogens with zero attached hydrogens (tertiary/aromatic N) is 1. The summed E-state index contributed by atoms with van der Waals surface area (Å²) in [4.78, 5) is 12.7. The Morgan fingerprint density at radius 1 is 1.35 bits per heavy atom. The molecule has 0 heterocycles. The van der Waals surface area contributed by atoms with Crippen molar-refractivity contribution in [3.63, 3.8) is 0 Å². The summed E-state index contributed by atoms with van der Waals surface area (Å²) in [6.07, 6.45) is 2.75. The topological polar surface area (TPSA) is 40.5 Å². The zero-order valence-electron chi connectivity index (χ0n) is 10.0. The first-order valence-corrected chi connectivity index (χ1v) is 5.81. The molecule has 92 valence electrons. The number of carboxylic acids is 1. The summed E-state index contributed by atoms with van der Waals surface area (Å²) in [5.41, 5.74) is 1.24. The maximum atomic E-state index is 10.5. The predicted octanol–water partition coefficient (Wildman–Crippen LogP) is 2.54. The largest absolute Gasteiger partial charge is 0.481 e. The molecule has 3 heteroatoms. The van der Waals surface area contributed by atoms with Crippen molar-refractivity contribution in [3.05, 3.63) is 48.6 Å². The van der Waals surface area contributed by atoms with Crippen molar-refractivity contribution in [2.24, 2.45) is 0 Å². The molecular formula is C14H19NO2. The van der Waals surface area contributed by atoms with E-state index in [1.54, 1.807) is 0 Å². The first-order valence-electron chi connectivity index (χ1n) is 5.81. The van der Waals surface area contributed by atoms with Gasteiger partial charge in [-0.25, -0.2) is 0 Å². The van der Waals surface area contributed by atoms with Gasteiger partial charge in [-0.1, -0.05) is 36.4 Å². The summed E-state index contributed by atoms with van der Waals surface area (Å²) in [6, 6.07) is 10.2. The van der Waals surface area contributed by atoms with Gasteiger partial charge >= 0.3 is 5.97 Å². The van der Waals surface area contributed by atoms with Gasteiger partial charge in [-0.3, -0.25) is 9.69 Å². The first kappa shape index (κ1) is 13.5. The lowest BCUT2D eigenvalue weighted by Crippen LogP contribution is -2.25. The Morgan fingerprint density at radius 3 is 2.65 bits per heavy atom. The highest BCUT2D eigenvalue weighted by Gasteiger charge is 2.05. The second kappa shape index (κ2) is 7.63. The van der Waals surface area contributed by atoms with Gasteiger partial charge in [-0.15, -0.1) is 6.58 Å². The Hall–Kier alpha value is -1.61. The molecule has 3 nitrogen and oxygen atoms in total. The van der Waals surface area contributed by atoms with Crippen LogP contribution in [0.3, 0.4) is 0 Å². The van der Waals surface area contributed by atoms with Crippen LogP contribution in [0.1, 0.15) is 18.4 Å². The molecule has 0 saturated carbocycles. The van der Waals surface area contributed by atoms with Crippen LogP contribution in [0.5, 0.6) is 0 Å². The number of rotatable bonds is 8. The van der Waals surface area contributed by atoms with Gasteiger partial charge in [-0.05, 0) is 18.5 Å². The first-order chi connectivity index (χ1) is 8.22. The third-order valence-corrected chi connectivity index (χ3v) is 2.50. The van der Waals surface area contributed by atoms with E-state index in [2.05, 4.69) is 23.6 Å². The van der Waals surface area contributed by atoms with Crippen LogP contribution in [0, 0.1) is 0 Å². The van der Waals surface area contributed by atoms with E-state index >= 15 is 0 Å². The van der Waals surface area contributed by atoms with Gasteiger partial charge in [0.25, 0.3) is 0 Å². The van der Waals surface area contributed by atoms with Crippen molar-refractivity contribution >= 4 is 5.97 Å². The minimum atomic E-state index is -0.733. The van der Waals surface area contributed by atoms with Gasteiger partial charge in [0.1, 0.15) is 0 Å². The highest BCUT2D eigenvalue weighted by Crippen LogP contribution is 2.05. The molecule has 0 aliphatic rings. The summed E-state index contributed by atoms with van der Waals surface area (Å²) >= 11 is 0. The fourth-order valence-electron chi connectivity index (χ4n) is 1.71. The summed E-state index contributed by atoms with van der Waals surface area (Å²) in [5.74, 6) is -0.733. The fraction of sp³-hybridized carbons (Fsp3) is 0.357. The van der Waals surface area contributed by atoms with Crippen LogP contribution in [0.15, 0.2) is 43.0 Å². The van der Waals surface area contributed by atoms with Gasteiger partial charge in [0.15, 0.2) is 0 Å². The standard InChI is InChI=1S/C14H19NO2/c1-2-10-15(11-6-9-14(16)17)12-13-7-4-3-5-8-13/h2-5,7-8H,1,6,9-12H2,(H,16,17). The van der Waals surface area contributed by atoms with Crippen LogP contribution in [0.2, 0.25) is 0 Å². The zero-order chi connectivity index (χ0) is 12.5. The van der Waals surface area contributed by atoms with E-state index in [1.807, 2.05) is 24.3 Å². The van der Waals surface area contributed by atoms with Crippen molar-refractivity contribution in [2.75, 3.05) is 13.1 Å². The molecule has 0 aliphatic carbocycles. The molecule has 1 aromatic rings. The molecule has 0 spiro atoms. The minimum absolute atomic E-state index is 0.225. The third-order valence-electron chi connectivity index (χ3n) is 2.50. The second-order valence-corrected chi connectivity index (χ2v) is 4.01. The van der Waals surface area contributed by atoms with Gasteiger partial charge < -0.3 is 5.11 Å². The average Bonchev–Trinajstić information content (AvgIpc) is 2.30. The van der Waals surface area contributed by atoms with Crippen LogP contribution < -0.4 is 0 Å². The monoisotopic (exact) mass is 233 g/mol. The summed E-state index contributed by atoms with van der Waals surface area (Å²) < 4.78 is 0. The van der Waals surface area contributed by atoms with Crippen molar-refractivity contribution < 1.29 is 9.90 Å². The molecule has 0 aliphatic heterocycles. The van der Waals surface area contributed by atoms with Crippen LogP contribution in [0.4, 0.5) is 0 Å². The van der Waals surface area contributed by atoms with E-state index < -0.39 is 5.97 Å². The van der Waals surface area contributed by atoms with Gasteiger partial charge in [0.05, 0.1) is 0 Å². The highest BCUT2D eigenvalue weighted by atomic mass is 16.4. The van der Waals surface area contributed by atoms with E-state index in [0.717, 1.165) is 19.6 Å². The SMILES string of the molecule is C=CCN(CCCC(=O)O)Cc1ccccc1. The molecular weight excluding hydrogens is 214 g/mol. The quantitative estimate of drug-likeness (QED) is 0.701. The van der Waals surface area contributed by atoms with Crippen molar-refractivity contribution in [1.82, 2.24) is 4.90 Å². The summed E-state index contributed by atoms with van der Waals surface area (Å²) in [7, 11) is 0. The molecule has 0 saturated heterocycles. The molecule has 0 bridgehead atoms. The number of hydrogen-bond donors (Lipinski definition) is 1. The third kappa shape index (κ3) is 5.88. The van der Waals surface area contributed by atoms with Crippen molar-refractivity contribution in [1.29, 1.82) is 0 Å². The molecule has 0 unspecified atom stereocenters. The number of benzene rings is 1. The zero-order valence-corrected chi connectivity index (χ0v) is 10.0. The Balaban J connectivity index is 2.42. The summed E-state index contributed by atoms with van der Waals surface area (Å²) in [5, 5.41) is 8.61. The maximum absolute atomic E-state index is 10.5. The van der Waals surface area contributed by atoms with Gasteiger partial charge in [0.2, 0.25) is 0 Å². The number of aliphatic carboxylic acids is 1. The lowest BCUT2D eigenvalue weighted by Gasteiger charge is -2.20. The van der Waals surface area contributed by atoms with E-state index in [1.165, 1.54) is 5.56 Å². The van der Waals surface area contributed by atoms with Gasteiger partial charge in [0, 0.05) is 19.5 Å². The minimum Gasteiger partial charge on any atom is -0.481 e. The molecule has 0 amide bonds. The van der Waals surface area contributed by atoms with Gasteiger partial charge in [-0.2, -0.15) is 0 Å². The number of hydrogen-bond acceptors (Lipinski definition) is 2. The number of carboxylic acid groups (broad SMARTS) is 1. The predicted molar refractivity (Wildman–Crippen MR) is 68.8 cm³/mol. The summed E-state index contributed by atoms with van der Waals surface area (Å²) in [6.45, 7) is 6.14. The Labute approximate surface area is 102 Å². The van der Waals surface area contributed by atoms with Crippen molar-refractivity contribution in [2.45, 2.75) is 19.4 Å². The second-order valence-electron chi connectivity index (χ2n) is 4.01. The molecule has 0 atom stereocenters. The molecule has 17 heavy (non-hydrogen) atoms. The molecule has 0 aromatic heterocycles. The van der Waals surface area contributed by atoms with E-state index in [4.69, 9.17) is 5.11 Å². The number of carbonyl (C=O) groups is 1. The Morgan fingerprint density at radius 2 is 2.06 bits per heavy atom. The molecule has 1 aromatic carbocycles. The smallest absolute Gasteiger partial charge is 0.303 e. The molecule has 0 fully saturated rings. The van der Waals surface area contributed by atoms with Crippen LogP contribution in [0.25, 0.3) is 0 Å². The Bertz CT molecular complexity index is 348. The molecule has 1 N–H and O–H groups in total. The molecule has 1 rings (SSSR count). The van der Waals surface area contributed by atoms with E-state index in [0.29, 0.717) is 6.42 Å². The highest BCUT2D eigenvalue weighted by molar-refractivity contribution is 5.66. The van der Waals surface area contributed by atoms with Crippen molar-refractivity contribution in [3.8, 4) is 0 Å². The lowest BCUT2D eigenvalue weighted by molar-refractivity contribution is -0.137. The van der Waals surface area contributed by atoms with Crippen LogP contribution >= 0.6 is 0 Å². The van der Waals surface area contributed by atoms with Crippen LogP contribution in [-0.4, -0.2) is 29.1 Å². The fourth-order valence-corrected chi connectivity index (χ4v) is 1.71. The van der Waals surface area contributed by atoms with E-state index in [9.17, 15) is 4.79 Å². The average molecular weight is 233 g/mol.